The number of aliphatic hydroxyl groups excluding tert-OH is 1. The van der Waals surface area contributed by atoms with Crippen LogP contribution in [0.3, 0.4) is 0 Å². The summed E-state index contributed by atoms with van der Waals surface area (Å²) in [7, 11) is 1.52. The zero-order valence-corrected chi connectivity index (χ0v) is 23.6. The first-order valence-electron chi connectivity index (χ1n) is 12.9. The van der Waals surface area contributed by atoms with Crippen LogP contribution in [-0.2, 0) is 24.4 Å². The Morgan fingerprint density at radius 1 is 1.15 bits per heavy atom. The van der Waals surface area contributed by atoms with Crippen LogP contribution >= 0.6 is 22.9 Å². The maximum Gasteiger partial charge on any atom is 0.280 e. The molecule has 0 spiro atoms. The Morgan fingerprint density at radius 2 is 1.98 bits per heavy atom. The highest BCUT2D eigenvalue weighted by Crippen LogP contribution is 2.31. The molecule has 0 radical (unpaired) electrons. The molecule has 0 amide bonds. The number of benzene rings is 1. The average molecular weight is 584 g/mol. The van der Waals surface area contributed by atoms with Crippen LogP contribution in [0.15, 0.2) is 59.4 Å². The predicted octanol–water partition coefficient (Wildman–Crippen LogP) is 3.56. The minimum absolute atomic E-state index is 0.182. The maximum absolute atomic E-state index is 13.6. The molecule has 12 heteroatoms. The van der Waals surface area contributed by atoms with Crippen LogP contribution in [0.25, 0.3) is 11.3 Å². The summed E-state index contributed by atoms with van der Waals surface area (Å²) in [6.07, 6.45) is 0. The van der Waals surface area contributed by atoms with Crippen LogP contribution in [0.4, 0.5) is 5.82 Å². The van der Waals surface area contributed by atoms with E-state index in [0.717, 1.165) is 18.0 Å². The van der Waals surface area contributed by atoms with Crippen molar-refractivity contribution in [2.45, 2.75) is 19.7 Å². The van der Waals surface area contributed by atoms with Gasteiger partial charge in [0.2, 0.25) is 5.88 Å². The minimum atomic E-state index is -0.368. The van der Waals surface area contributed by atoms with Gasteiger partial charge in [0.05, 0.1) is 43.4 Å². The molecule has 0 unspecified atom stereocenters. The Morgan fingerprint density at radius 3 is 2.70 bits per heavy atom. The number of carbonyl (C=O) groups excluding carboxylic acids is 1. The summed E-state index contributed by atoms with van der Waals surface area (Å²) < 4.78 is 14.7. The molecule has 0 bridgehead atoms. The van der Waals surface area contributed by atoms with Gasteiger partial charge in [-0.2, -0.15) is 9.78 Å². The van der Waals surface area contributed by atoms with Gasteiger partial charge in [-0.1, -0.05) is 23.7 Å². The van der Waals surface area contributed by atoms with Crippen LogP contribution in [0.1, 0.15) is 20.8 Å². The Balaban J connectivity index is 1.51. The van der Waals surface area contributed by atoms with Crippen LogP contribution in [0.2, 0.25) is 4.34 Å². The van der Waals surface area contributed by atoms with Crippen molar-refractivity contribution >= 4 is 34.7 Å². The lowest BCUT2D eigenvalue weighted by Gasteiger charge is -2.27. The molecule has 0 atom stereocenters. The van der Waals surface area contributed by atoms with Crippen LogP contribution in [0.5, 0.6) is 5.88 Å². The summed E-state index contributed by atoms with van der Waals surface area (Å²) in [5.41, 5.74) is 1.87. The normalized spacial score (nSPS) is 13.9. The number of aliphatic hydroxyl groups is 1. The molecule has 1 fully saturated rings. The molecule has 1 aliphatic heterocycles. The topological polar surface area (TPSA) is 111 Å². The molecule has 0 saturated carbocycles. The molecular formula is C28H30ClN5O5S. The van der Waals surface area contributed by atoms with Crippen molar-refractivity contribution in [3.05, 3.63) is 85.3 Å². The third kappa shape index (κ3) is 6.29. The lowest BCUT2D eigenvalue weighted by atomic mass is 10.1. The second-order valence-electron chi connectivity index (χ2n) is 9.25. The number of rotatable bonds is 10. The number of pyridine rings is 1. The van der Waals surface area contributed by atoms with E-state index in [0.29, 0.717) is 71.3 Å². The lowest BCUT2D eigenvalue weighted by Crippen LogP contribution is -2.39. The zero-order chi connectivity index (χ0) is 28.1. The fourth-order valence-electron chi connectivity index (χ4n) is 4.60. The molecule has 3 aromatic heterocycles. The molecule has 1 saturated heterocycles. The van der Waals surface area contributed by atoms with Gasteiger partial charge in [-0.05, 0) is 35.9 Å². The Kier molecular flexibility index (Phi) is 8.98. The number of nitrogens with zero attached hydrogens (tertiary/aromatic N) is 4. The highest BCUT2D eigenvalue weighted by molar-refractivity contribution is 7.16. The number of anilines is 1. The third-order valence-corrected chi connectivity index (χ3v) is 7.91. The number of halogens is 1. The molecule has 2 N–H and O–H groups in total. The summed E-state index contributed by atoms with van der Waals surface area (Å²) in [5, 5.41) is 17.5. The Hall–Kier alpha value is -3.48. The second kappa shape index (κ2) is 12.8. The van der Waals surface area contributed by atoms with Gasteiger partial charge in [0.1, 0.15) is 11.5 Å². The first-order valence-corrected chi connectivity index (χ1v) is 14.1. The van der Waals surface area contributed by atoms with E-state index in [1.54, 1.807) is 41.0 Å². The SMILES string of the molecule is COc1c(-c2cc(NCc3ccc(Cl)s3)n(C(=O)c3cccc(CO)c3)n2)ccc(=O)n1CCN1CCOCC1. The van der Waals surface area contributed by atoms with Gasteiger partial charge < -0.3 is 19.9 Å². The number of methoxy groups -OCH3 is 1. The Labute approximate surface area is 240 Å². The largest absolute Gasteiger partial charge is 0.482 e. The summed E-state index contributed by atoms with van der Waals surface area (Å²) >= 11 is 7.54. The first-order chi connectivity index (χ1) is 19.5. The fraction of sp³-hybridized carbons (Fsp3) is 0.321. The van der Waals surface area contributed by atoms with Gasteiger partial charge in [0, 0.05) is 48.8 Å². The van der Waals surface area contributed by atoms with Gasteiger partial charge in [-0.3, -0.25) is 19.1 Å². The molecule has 1 aromatic carbocycles. The van der Waals surface area contributed by atoms with E-state index >= 15 is 0 Å². The fourth-order valence-corrected chi connectivity index (χ4v) is 5.62. The average Bonchev–Trinajstić information content (AvgIpc) is 3.61. The number of nitrogens with one attached hydrogen (secondary N) is 1. The monoisotopic (exact) mass is 583 g/mol. The van der Waals surface area contributed by atoms with Crippen molar-refractivity contribution in [1.29, 1.82) is 0 Å². The van der Waals surface area contributed by atoms with Gasteiger partial charge in [0.25, 0.3) is 11.5 Å². The zero-order valence-electron chi connectivity index (χ0n) is 22.0. The van der Waals surface area contributed by atoms with Gasteiger partial charge in [0.15, 0.2) is 0 Å². The Bertz CT molecular complexity index is 1540. The van der Waals surface area contributed by atoms with E-state index in [4.69, 9.17) is 21.1 Å². The molecule has 10 nitrogen and oxygen atoms in total. The third-order valence-electron chi connectivity index (χ3n) is 6.68. The quantitative estimate of drug-likeness (QED) is 0.292. The highest BCUT2D eigenvalue weighted by atomic mass is 35.5. The summed E-state index contributed by atoms with van der Waals surface area (Å²) in [4.78, 5) is 29.7. The van der Waals surface area contributed by atoms with Gasteiger partial charge in [-0.15, -0.1) is 11.3 Å². The number of hydrogen-bond donors (Lipinski definition) is 2. The predicted molar refractivity (Wildman–Crippen MR) is 154 cm³/mol. The number of carbonyl (C=O) groups is 1. The lowest BCUT2D eigenvalue weighted by molar-refractivity contribution is 0.0360. The van der Waals surface area contributed by atoms with Crippen molar-refractivity contribution in [2.24, 2.45) is 0 Å². The summed E-state index contributed by atoms with van der Waals surface area (Å²) in [6.45, 7) is 4.33. The summed E-state index contributed by atoms with van der Waals surface area (Å²) in [5.74, 6) is 0.469. The molecule has 210 valence electrons. The number of thiophene rings is 1. The number of ether oxygens (including phenoxy) is 2. The van der Waals surface area contributed by atoms with Crippen LogP contribution in [0, 0.1) is 0 Å². The van der Waals surface area contributed by atoms with Crippen molar-refractivity contribution < 1.29 is 19.4 Å². The van der Waals surface area contributed by atoms with E-state index in [-0.39, 0.29) is 18.1 Å². The molecular weight excluding hydrogens is 554 g/mol. The van der Waals surface area contributed by atoms with Crippen LogP contribution in [-0.4, -0.2) is 70.2 Å². The van der Waals surface area contributed by atoms with Crippen molar-refractivity contribution in [3.63, 3.8) is 0 Å². The molecule has 1 aliphatic rings. The number of aromatic nitrogens is 3. The number of morpholine rings is 1. The van der Waals surface area contributed by atoms with E-state index in [1.807, 2.05) is 12.1 Å². The standard InChI is InChI=1S/C28H30ClN5O5S/c1-38-28-22(6-8-26(36)33(28)10-9-32-11-13-39-14-12-32)23-16-25(30-17-21-5-7-24(29)40-21)34(31-23)27(37)20-4-2-3-19(15-20)18-35/h2-8,15-16,30,35H,9-14,17-18H2,1H3. The van der Waals surface area contributed by atoms with Crippen molar-refractivity contribution in [3.8, 4) is 17.1 Å². The van der Waals surface area contributed by atoms with Crippen molar-refractivity contribution in [1.82, 2.24) is 19.2 Å². The summed E-state index contributed by atoms with van der Waals surface area (Å²) in [6, 6.07) is 15.4. The van der Waals surface area contributed by atoms with E-state index < -0.39 is 0 Å². The van der Waals surface area contributed by atoms with E-state index in [1.165, 1.54) is 29.2 Å². The van der Waals surface area contributed by atoms with Gasteiger partial charge >= 0.3 is 0 Å². The van der Waals surface area contributed by atoms with Crippen LogP contribution < -0.4 is 15.6 Å². The van der Waals surface area contributed by atoms with E-state index in [9.17, 15) is 14.7 Å². The molecule has 0 aliphatic carbocycles. The highest BCUT2D eigenvalue weighted by Gasteiger charge is 2.22. The molecule has 40 heavy (non-hydrogen) atoms. The van der Waals surface area contributed by atoms with Crippen molar-refractivity contribution in [2.75, 3.05) is 45.3 Å². The number of hydrogen-bond acceptors (Lipinski definition) is 9. The first kappa shape index (κ1) is 28.1. The molecule has 5 rings (SSSR count). The van der Waals surface area contributed by atoms with E-state index in [2.05, 4.69) is 15.3 Å². The second-order valence-corrected chi connectivity index (χ2v) is 11.0. The molecule has 4 aromatic rings. The minimum Gasteiger partial charge on any atom is -0.482 e. The smallest absolute Gasteiger partial charge is 0.280 e. The maximum atomic E-state index is 13.6. The van der Waals surface area contributed by atoms with Gasteiger partial charge in [-0.25, -0.2) is 0 Å². The molecule has 4 heterocycles.